The highest BCUT2D eigenvalue weighted by Gasteiger charge is 2.12. The molecule has 4 rings (SSSR count). The highest BCUT2D eigenvalue weighted by atomic mass is 16.6. The topological polar surface area (TPSA) is 179 Å². The van der Waals surface area contributed by atoms with Crippen LogP contribution in [0.4, 0.5) is 45.5 Å². The zero-order chi connectivity index (χ0) is 32.2. The third kappa shape index (κ3) is 8.72. The molecule has 0 spiro atoms. The van der Waals surface area contributed by atoms with E-state index < -0.39 is 4.92 Å². The zero-order valence-electron chi connectivity index (χ0n) is 24.9. The summed E-state index contributed by atoms with van der Waals surface area (Å²) in [7, 11) is 2.99. The van der Waals surface area contributed by atoms with Crippen molar-refractivity contribution in [2.75, 3.05) is 45.4 Å². The van der Waals surface area contributed by atoms with E-state index in [-0.39, 0.29) is 18.9 Å². The molecule has 0 unspecified atom stereocenters. The molecule has 0 saturated heterocycles. The fraction of sp³-hybridized carbons (Fsp3) is 0.226. The van der Waals surface area contributed by atoms with Gasteiger partial charge < -0.3 is 24.6 Å². The molecule has 0 bridgehead atoms. The van der Waals surface area contributed by atoms with Crippen LogP contribution < -0.4 is 14.4 Å². The van der Waals surface area contributed by atoms with E-state index in [9.17, 15) is 20.3 Å². The summed E-state index contributed by atoms with van der Waals surface area (Å²) in [5, 5.41) is 55.1. The number of aliphatic hydroxyl groups excluding tert-OH is 2. The van der Waals surface area contributed by atoms with Crippen molar-refractivity contribution in [3.05, 3.63) is 94.5 Å². The molecule has 0 aliphatic carbocycles. The number of rotatable bonds is 14. The van der Waals surface area contributed by atoms with Crippen LogP contribution in [0.25, 0.3) is 0 Å². The van der Waals surface area contributed by atoms with Gasteiger partial charge in [-0.05, 0) is 67.1 Å². The van der Waals surface area contributed by atoms with Crippen LogP contribution in [0, 0.1) is 17.0 Å². The van der Waals surface area contributed by atoms with Crippen LogP contribution in [0.1, 0.15) is 5.56 Å². The number of hydrogen-bond acceptors (Lipinski definition) is 13. The number of hydrogen-bond donors (Lipinski definition) is 2. The van der Waals surface area contributed by atoms with Crippen LogP contribution in [0.2, 0.25) is 0 Å². The van der Waals surface area contributed by atoms with E-state index in [4.69, 9.17) is 9.47 Å². The van der Waals surface area contributed by atoms with Crippen molar-refractivity contribution >= 4 is 45.5 Å². The zero-order valence-corrected chi connectivity index (χ0v) is 24.9. The first kappa shape index (κ1) is 32.3. The Morgan fingerprint density at radius 2 is 1.13 bits per heavy atom. The number of nitrogens with zero attached hydrogens (tertiary/aromatic N) is 8. The molecule has 45 heavy (non-hydrogen) atoms. The molecule has 2 N–H and O–H groups in total. The number of aliphatic hydroxyl groups is 2. The SMILES string of the molecule is COc1cc(N=Nc2ccc(N=Nc3ccc(N(CCO)CCO)cc3)cc2C)c(OC)cc1N=Nc1ccc([N+](=O)[O-])cc1. The first-order valence-corrected chi connectivity index (χ1v) is 13.8. The first-order valence-electron chi connectivity index (χ1n) is 13.8. The van der Waals surface area contributed by atoms with Crippen LogP contribution in [0.15, 0.2) is 110 Å². The molecule has 0 aliphatic heterocycles. The maximum Gasteiger partial charge on any atom is 0.269 e. The average Bonchev–Trinajstić information content (AvgIpc) is 3.06. The molecule has 0 radical (unpaired) electrons. The van der Waals surface area contributed by atoms with Crippen molar-refractivity contribution < 1.29 is 24.6 Å². The van der Waals surface area contributed by atoms with Gasteiger partial charge in [0.2, 0.25) is 0 Å². The molecule has 0 amide bonds. The molecule has 4 aromatic carbocycles. The molecule has 0 aliphatic rings. The standard InChI is InChI=1S/C31H32N8O6/c1-21-18-24(34-32-22-4-9-25(10-5-22)38(14-16-40)15-17-41)8-13-27(21)35-37-29-20-30(44-2)28(19-31(29)45-3)36-33-23-6-11-26(12-7-23)39(42)43/h4-13,18-20,40-41H,14-17H2,1-3H3. The third-order valence-corrected chi connectivity index (χ3v) is 6.50. The van der Waals surface area contributed by atoms with Gasteiger partial charge in [0.15, 0.2) is 0 Å². The lowest BCUT2D eigenvalue weighted by Crippen LogP contribution is -2.29. The number of ether oxygens (including phenoxy) is 2. The van der Waals surface area contributed by atoms with Crippen molar-refractivity contribution in [3.63, 3.8) is 0 Å². The van der Waals surface area contributed by atoms with Gasteiger partial charge in [-0.25, -0.2) is 0 Å². The van der Waals surface area contributed by atoms with Gasteiger partial charge in [0.1, 0.15) is 22.9 Å². The Labute approximate surface area is 259 Å². The summed E-state index contributed by atoms with van der Waals surface area (Å²) >= 11 is 0. The molecule has 0 saturated carbocycles. The molecule has 0 aromatic heterocycles. The molecular formula is C31H32N8O6. The molecular weight excluding hydrogens is 580 g/mol. The quantitative estimate of drug-likeness (QED) is 0.0823. The predicted octanol–water partition coefficient (Wildman–Crippen LogP) is 7.96. The molecule has 0 heterocycles. The van der Waals surface area contributed by atoms with E-state index in [1.54, 1.807) is 24.3 Å². The Morgan fingerprint density at radius 3 is 1.64 bits per heavy atom. The number of azo groups is 3. The van der Waals surface area contributed by atoms with Gasteiger partial charge in [0.25, 0.3) is 5.69 Å². The second kappa shape index (κ2) is 15.7. The Balaban J connectivity index is 1.47. The van der Waals surface area contributed by atoms with Crippen molar-refractivity contribution in [3.8, 4) is 11.5 Å². The summed E-state index contributed by atoms with van der Waals surface area (Å²) < 4.78 is 11.0. The molecule has 0 fully saturated rings. The van der Waals surface area contributed by atoms with Gasteiger partial charge in [-0.1, -0.05) is 0 Å². The summed E-state index contributed by atoms with van der Waals surface area (Å²) in [5.74, 6) is 0.771. The lowest BCUT2D eigenvalue weighted by molar-refractivity contribution is -0.384. The molecule has 0 atom stereocenters. The maximum absolute atomic E-state index is 10.9. The summed E-state index contributed by atoms with van der Waals surface area (Å²) in [5.41, 5.74) is 4.79. The number of nitro benzene ring substituents is 1. The summed E-state index contributed by atoms with van der Waals surface area (Å²) in [6.07, 6.45) is 0. The third-order valence-electron chi connectivity index (χ3n) is 6.50. The lowest BCUT2D eigenvalue weighted by Gasteiger charge is -2.22. The van der Waals surface area contributed by atoms with Gasteiger partial charge in [0.05, 0.1) is 55.1 Å². The van der Waals surface area contributed by atoms with E-state index in [2.05, 4.69) is 30.7 Å². The van der Waals surface area contributed by atoms with E-state index in [1.807, 2.05) is 42.2 Å². The minimum atomic E-state index is -0.484. The van der Waals surface area contributed by atoms with Gasteiger partial charge in [-0.3, -0.25) is 10.1 Å². The molecule has 4 aromatic rings. The summed E-state index contributed by atoms with van der Waals surface area (Å²) in [6.45, 7) is 2.72. The average molecular weight is 613 g/mol. The smallest absolute Gasteiger partial charge is 0.269 e. The maximum atomic E-state index is 10.9. The Morgan fingerprint density at radius 1 is 0.667 bits per heavy atom. The Bertz CT molecular complexity index is 1690. The van der Waals surface area contributed by atoms with Crippen molar-refractivity contribution in [1.82, 2.24) is 0 Å². The fourth-order valence-corrected chi connectivity index (χ4v) is 4.15. The van der Waals surface area contributed by atoms with Crippen molar-refractivity contribution in [2.45, 2.75) is 6.92 Å². The van der Waals surface area contributed by atoms with Crippen LogP contribution in [-0.4, -0.2) is 55.7 Å². The Kier molecular flexibility index (Phi) is 11.3. The monoisotopic (exact) mass is 612 g/mol. The van der Waals surface area contributed by atoms with Crippen molar-refractivity contribution in [1.29, 1.82) is 0 Å². The van der Waals surface area contributed by atoms with Gasteiger partial charge >= 0.3 is 0 Å². The number of benzene rings is 4. The number of anilines is 1. The van der Waals surface area contributed by atoms with E-state index >= 15 is 0 Å². The molecule has 232 valence electrons. The number of non-ortho nitro benzene ring substituents is 1. The van der Waals surface area contributed by atoms with Crippen LogP contribution in [0.5, 0.6) is 11.5 Å². The minimum absolute atomic E-state index is 0.00898. The van der Waals surface area contributed by atoms with Gasteiger partial charge in [0, 0.05) is 43.0 Å². The van der Waals surface area contributed by atoms with E-state index in [1.165, 1.54) is 38.5 Å². The van der Waals surface area contributed by atoms with Crippen LogP contribution >= 0.6 is 0 Å². The normalized spacial score (nSPS) is 11.5. The van der Waals surface area contributed by atoms with Crippen molar-refractivity contribution in [2.24, 2.45) is 30.7 Å². The number of methoxy groups -OCH3 is 2. The van der Waals surface area contributed by atoms with Gasteiger partial charge in [-0.2, -0.15) is 20.5 Å². The van der Waals surface area contributed by atoms with Gasteiger partial charge in [-0.15, -0.1) is 10.2 Å². The highest BCUT2D eigenvalue weighted by molar-refractivity contribution is 5.67. The second-order valence-electron chi connectivity index (χ2n) is 9.49. The largest absolute Gasteiger partial charge is 0.494 e. The fourth-order valence-electron chi connectivity index (χ4n) is 4.15. The lowest BCUT2D eigenvalue weighted by atomic mass is 10.2. The minimum Gasteiger partial charge on any atom is -0.494 e. The highest BCUT2D eigenvalue weighted by Crippen LogP contribution is 2.41. The second-order valence-corrected chi connectivity index (χ2v) is 9.49. The Hall–Kier alpha value is -5.60. The summed E-state index contributed by atoms with van der Waals surface area (Å²) in [6, 6.07) is 21.7. The van der Waals surface area contributed by atoms with Crippen LogP contribution in [-0.2, 0) is 0 Å². The number of nitro groups is 1. The number of aryl methyl sites for hydroxylation is 1. The first-order chi connectivity index (χ1) is 21.8. The van der Waals surface area contributed by atoms with Crippen LogP contribution in [0.3, 0.4) is 0 Å². The van der Waals surface area contributed by atoms with E-state index in [0.717, 1.165) is 11.3 Å². The predicted molar refractivity (Wildman–Crippen MR) is 169 cm³/mol. The molecule has 14 heteroatoms. The summed E-state index contributed by atoms with van der Waals surface area (Å²) in [4.78, 5) is 12.3. The van der Waals surface area contributed by atoms with E-state index in [0.29, 0.717) is 58.7 Å². The molecule has 14 nitrogen and oxygen atoms in total.